The molecule has 0 unspecified atom stereocenters. The van der Waals surface area contributed by atoms with Crippen molar-refractivity contribution in [2.24, 2.45) is 0 Å². The Bertz CT molecular complexity index is 1380. The SMILES string of the molecule is O=C1CC[C@H](C#Cc2cc3ncnc(Nc4ccc(OCc5ccccn5)c(Cl)c4)c3s2)N1. The van der Waals surface area contributed by atoms with Gasteiger partial charge in [0.25, 0.3) is 0 Å². The Labute approximate surface area is 199 Å². The van der Waals surface area contributed by atoms with Gasteiger partial charge in [-0.25, -0.2) is 9.97 Å². The Morgan fingerprint density at radius 3 is 2.94 bits per heavy atom. The number of aromatic nitrogens is 3. The van der Waals surface area contributed by atoms with Crippen molar-refractivity contribution in [2.45, 2.75) is 25.5 Å². The molecular weight excluding hydrogens is 458 g/mol. The number of hydrogen-bond acceptors (Lipinski definition) is 7. The molecule has 1 saturated heterocycles. The van der Waals surface area contributed by atoms with E-state index < -0.39 is 0 Å². The maximum atomic E-state index is 11.3. The summed E-state index contributed by atoms with van der Waals surface area (Å²) < 4.78 is 6.68. The number of hydrogen-bond donors (Lipinski definition) is 2. The molecule has 33 heavy (non-hydrogen) atoms. The van der Waals surface area contributed by atoms with E-state index in [-0.39, 0.29) is 11.9 Å². The molecule has 1 fully saturated rings. The number of fused-ring (bicyclic) bond motifs is 1. The molecule has 9 heteroatoms. The van der Waals surface area contributed by atoms with Crippen LogP contribution in [-0.4, -0.2) is 26.9 Å². The number of benzene rings is 1. The Morgan fingerprint density at radius 1 is 1.21 bits per heavy atom. The van der Waals surface area contributed by atoms with Crippen LogP contribution in [0.5, 0.6) is 5.75 Å². The molecule has 0 radical (unpaired) electrons. The zero-order valence-electron chi connectivity index (χ0n) is 17.3. The number of ether oxygens (including phenoxy) is 1. The van der Waals surface area contributed by atoms with Crippen LogP contribution >= 0.6 is 22.9 Å². The summed E-state index contributed by atoms with van der Waals surface area (Å²) in [7, 11) is 0. The number of halogens is 1. The third-order valence-corrected chi connectivity index (χ3v) is 6.31. The first-order valence-corrected chi connectivity index (χ1v) is 11.5. The zero-order valence-corrected chi connectivity index (χ0v) is 18.9. The van der Waals surface area contributed by atoms with Crippen molar-refractivity contribution in [1.29, 1.82) is 0 Å². The third-order valence-electron chi connectivity index (χ3n) is 4.97. The topological polar surface area (TPSA) is 89.0 Å². The van der Waals surface area contributed by atoms with Gasteiger partial charge in [-0.05, 0) is 42.8 Å². The van der Waals surface area contributed by atoms with Gasteiger partial charge in [-0.15, -0.1) is 11.3 Å². The molecular formula is C24H18ClN5O2S. The van der Waals surface area contributed by atoms with E-state index in [0.29, 0.717) is 29.6 Å². The highest BCUT2D eigenvalue weighted by Crippen LogP contribution is 2.33. The minimum absolute atomic E-state index is 0.0507. The molecule has 5 rings (SSSR count). The highest BCUT2D eigenvalue weighted by Gasteiger charge is 2.18. The highest BCUT2D eigenvalue weighted by molar-refractivity contribution is 7.20. The van der Waals surface area contributed by atoms with E-state index in [2.05, 4.69) is 37.4 Å². The number of amides is 1. The first kappa shape index (κ1) is 21.2. The standard InChI is InChI=1S/C24H18ClN5O2S/c25-19-11-16(5-8-21(19)32-13-17-3-1-2-10-26-17)30-24-23-20(27-14-28-24)12-18(33-23)7-4-15-6-9-22(31)29-15/h1-3,5,8,10-12,14-15H,6,9,13H2,(H,29,31)(H,27,28,30)/t15-/m0/s1. The monoisotopic (exact) mass is 475 g/mol. The van der Waals surface area contributed by atoms with Crippen LogP contribution in [0.4, 0.5) is 11.5 Å². The average molecular weight is 476 g/mol. The zero-order chi connectivity index (χ0) is 22.6. The number of anilines is 2. The van der Waals surface area contributed by atoms with E-state index in [1.165, 1.54) is 17.7 Å². The van der Waals surface area contributed by atoms with Gasteiger partial charge in [0.15, 0.2) is 5.82 Å². The molecule has 164 valence electrons. The smallest absolute Gasteiger partial charge is 0.221 e. The van der Waals surface area contributed by atoms with Crippen molar-refractivity contribution in [3.8, 4) is 17.6 Å². The minimum Gasteiger partial charge on any atom is -0.486 e. The number of carbonyl (C=O) groups is 1. The van der Waals surface area contributed by atoms with Crippen LogP contribution in [0.3, 0.4) is 0 Å². The van der Waals surface area contributed by atoms with Crippen LogP contribution in [-0.2, 0) is 11.4 Å². The fourth-order valence-electron chi connectivity index (χ4n) is 3.35. The van der Waals surface area contributed by atoms with Gasteiger partial charge in [0.05, 0.1) is 31.9 Å². The number of thiophene rings is 1. The molecule has 0 aliphatic carbocycles. The van der Waals surface area contributed by atoms with Gasteiger partial charge in [-0.3, -0.25) is 9.78 Å². The lowest BCUT2D eigenvalue weighted by Gasteiger charge is -2.11. The van der Waals surface area contributed by atoms with Crippen molar-refractivity contribution in [3.05, 3.63) is 70.6 Å². The van der Waals surface area contributed by atoms with Gasteiger partial charge >= 0.3 is 0 Å². The first-order valence-electron chi connectivity index (χ1n) is 10.3. The fourth-order valence-corrected chi connectivity index (χ4v) is 4.51. The Hall–Kier alpha value is -3.67. The van der Waals surface area contributed by atoms with Crippen LogP contribution in [0, 0.1) is 11.8 Å². The van der Waals surface area contributed by atoms with Crippen molar-refractivity contribution in [2.75, 3.05) is 5.32 Å². The molecule has 1 aliphatic heterocycles. The normalized spacial score (nSPS) is 15.1. The molecule has 0 bridgehead atoms. The Balaban J connectivity index is 1.31. The van der Waals surface area contributed by atoms with Crippen LogP contribution in [0.1, 0.15) is 23.4 Å². The summed E-state index contributed by atoms with van der Waals surface area (Å²) in [4.78, 5) is 25.2. The minimum atomic E-state index is -0.0908. The predicted molar refractivity (Wildman–Crippen MR) is 129 cm³/mol. The number of pyridine rings is 1. The molecule has 0 saturated carbocycles. The van der Waals surface area contributed by atoms with Gasteiger partial charge in [-0.2, -0.15) is 0 Å². The molecule has 2 N–H and O–H groups in total. The van der Waals surface area contributed by atoms with E-state index in [4.69, 9.17) is 16.3 Å². The lowest BCUT2D eigenvalue weighted by atomic mass is 10.2. The summed E-state index contributed by atoms with van der Waals surface area (Å²) in [6, 6.07) is 13.0. The Morgan fingerprint density at radius 2 is 2.15 bits per heavy atom. The second kappa shape index (κ2) is 9.45. The maximum absolute atomic E-state index is 11.3. The molecule has 1 amide bonds. The van der Waals surface area contributed by atoms with Crippen molar-refractivity contribution in [1.82, 2.24) is 20.3 Å². The second-order valence-corrected chi connectivity index (χ2v) is 8.81. The molecule has 7 nitrogen and oxygen atoms in total. The largest absolute Gasteiger partial charge is 0.486 e. The highest BCUT2D eigenvalue weighted by atomic mass is 35.5. The van der Waals surface area contributed by atoms with Gasteiger partial charge in [0, 0.05) is 18.3 Å². The molecule has 0 spiro atoms. The van der Waals surface area contributed by atoms with Gasteiger partial charge in [0.2, 0.25) is 5.91 Å². The summed E-state index contributed by atoms with van der Waals surface area (Å²) in [5, 5.41) is 6.65. The molecule has 1 aliphatic rings. The van der Waals surface area contributed by atoms with Gasteiger partial charge in [-0.1, -0.05) is 29.5 Å². The summed E-state index contributed by atoms with van der Waals surface area (Å²) in [5.41, 5.74) is 2.41. The van der Waals surface area contributed by atoms with Crippen LogP contribution in [0.25, 0.3) is 10.2 Å². The fraction of sp³-hybridized carbons (Fsp3) is 0.167. The lowest BCUT2D eigenvalue weighted by molar-refractivity contribution is -0.119. The van der Waals surface area contributed by atoms with E-state index in [1.807, 2.05) is 36.4 Å². The van der Waals surface area contributed by atoms with Crippen molar-refractivity contribution >= 4 is 50.6 Å². The van der Waals surface area contributed by atoms with Gasteiger partial charge in [0.1, 0.15) is 18.7 Å². The summed E-state index contributed by atoms with van der Waals surface area (Å²) in [5.74, 6) is 7.57. The van der Waals surface area contributed by atoms with E-state index in [9.17, 15) is 4.79 Å². The van der Waals surface area contributed by atoms with Crippen molar-refractivity contribution in [3.63, 3.8) is 0 Å². The first-order chi connectivity index (χ1) is 16.1. The Kier molecular flexibility index (Phi) is 6.07. The van der Waals surface area contributed by atoms with E-state index in [1.54, 1.807) is 12.3 Å². The van der Waals surface area contributed by atoms with Crippen LogP contribution in [0.15, 0.2) is 55.0 Å². The van der Waals surface area contributed by atoms with Crippen LogP contribution in [0.2, 0.25) is 5.02 Å². The summed E-state index contributed by atoms with van der Waals surface area (Å²) in [6.45, 7) is 0.337. The third kappa shape index (κ3) is 5.06. The number of nitrogens with one attached hydrogen (secondary N) is 2. The van der Waals surface area contributed by atoms with Crippen molar-refractivity contribution < 1.29 is 9.53 Å². The lowest BCUT2D eigenvalue weighted by Crippen LogP contribution is -2.23. The molecule has 3 aromatic heterocycles. The van der Waals surface area contributed by atoms with E-state index in [0.717, 1.165) is 32.9 Å². The van der Waals surface area contributed by atoms with Gasteiger partial charge < -0.3 is 15.4 Å². The number of carbonyl (C=O) groups excluding carboxylic acids is 1. The number of rotatable bonds is 5. The quantitative estimate of drug-likeness (QED) is 0.407. The average Bonchev–Trinajstić information content (AvgIpc) is 3.44. The van der Waals surface area contributed by atoms with E-state index >= 15 is 0 Å². The second-order valence-electron chi connectivity index (χ2n) is 7.36. The maximum Gasteiger partial charge on any atom is 0.221 e. The number of nitrogens with zero attached hydrogens (tertiary/aromatic N) is 3. The molecule has 4 aromatic rings. The molecule has 1 aromatic carbocycles. The van der Waals surface area contributed by atoms with Crippen LogP contribution < -0.4 is 15.4 Å². The molecule has 4 heterocycles. The predicted octanol–water partition coefficient (Wildman–Crippen LogP) is 4.69. The molecule has 1 atom stereocenters. The summed E-state index contributed by atoms with van der Waals surface area (Å²) >= 11 is 7.94. The summed E-state index contributed by atoms with van der Waals surface area (Å²) in [6.07, 6.45) is 4.51.